The van der Waals surface area contributed by atoms with Gasteiger partial charge in [0.1, 0.15) is 0 Å². The third-order valence-corrected chi connectivity index (χ3v) is 2.07. The van der Waals surface area contributed by atoms with Crippen LogP contribution in [0.4, 0.5) is 4.79 Å². The molecule has 1 saturated heterocycles. The first-order valence-electron chi connectivity index (χ1n) is 3.57. The Balaban J connectivity index is 2.17. The monoisotopic (exact) mass is 138 g/mol. The molecule has 3 nitrogen and oxygen atoms in total. The lowest BCUT2D eigenvalue weighted by atomic mass is 10.1. The van der Waals surface area contributed by atoms with Gasteiger partial charge < -0.3 is 10.2 Å². The van der Waals surface area contributed by atoms with Crippen molar-refractivity contribution in [2.24, 2.45) is 0 Å². The maximum Gasteiger partial charge on any atom is 0.318 e. The summed E-state index contributed by atoms with van der Waals surface area (Å²) in [5, 5.41) is 2.81. The summed E-state index contributed by atoms with van der Waals surface area (Å²) in [4.78, 5) is 12.9. The van der Waals surface area contributed by atoms with Gasteiger partial charge in [0.25, 0.3) is 0 Å². The van der Waals surface area contributed by atoms with Gasteiger partial charge in [-0.05, 0) is 6.42 Å². The minimum Gasteiger partial charge on any atom is -0.336 e. The average molecular weight is 138 g/mol. The van der Waals surface area contributed by atoms with Crippen LogP contribution in [0.15, 0.2) is 12.2 Å². The Kier molecular flexibility index (Phi) is 1.16. The van der Waals surface area contributed by atoms with Crippen LogP contribution in [0.25, 0.3) is 0 Å². The second-order valence-electron chi connectivity index (χ2n) is 2.70. The van der Waals surface area contributed by atoms with Gasteiger partial charge in [0.05, 0.1) is 6.04 Å². The van der Waals surface area contributed by atoms with E-state index in [9.17, 15) is 4.79 Å². The molecule has 1 fully saturated rings. The lowest BCUT2D eigenvalue weighted by Gasteiger charge is -2.23. The highest BCUT2D eigenvalue weighted by atomic mass is 16.2. The predicted molar refractivity (Wildman–Crippen MR) is 37.6 cm³/mol. The number of hydrogen-bond acceptors (Lipinski definition) is 1. The van der Waals surface area contributed by atoms with Crippen molar-refractivity contribution in [2.45, 2.75) is 12.5 Å². The normalized spacial score (nSPS) is 30.2. The summed E-state index contributed by atoms with van der Waals surface area (Å²) < 4.78 is 0. The van der Waals surface area contributed by atoms with Gasteiger partial charge in [-0.2, -0.15) is 0 Å². The fraction of sp³-hybridized carbons (Fsp3) is 0.571. The van der Waals surface area contributed by atoms with E-state index in [1.54, 1.807) is 0 Å². The molecule has 0 aromatic heterocycles. The van der Waals surface area contributed by atoms with E-state index >= 15 is 0 Å². The lowest BCUT2D eigenvalue weighted by molar-refractivity contribution is 0.208. The van der Waals surface area contributed by atoms with Crippen LogP contribution in [0.1, 0.15) is 6.42 Å². The summed E-state index contributed by atoms with van der Waals surface area (Å²) in [6.45, 7) is 1.61. The van der Waals surface area contributed by atoms with E-state index in [0.717, 1.165) is 19.5 Å². The van der Waals surface area contributed by atoms with Crippen molar-refractivity contribution in [3.8, 4) is 0 Å². The van der Waals surface area contributed by atoms with E-state index in [4.69, 9.17) is 0 Å². The standard InChI is InChI=1S/C7H10N2O/c10-7-8-5-6-3-1-2-4-9(6)7/h1-2,6H,3-5H2,(H,8,10). The predicted octanol–water partition coefficient (Wildman–Crippen LogP) is 0.340. The Morgan fingerprint density at radius 3 is 3.30 bits per heavy atom. The smallest absolute Gasteiger partial charge is 0.318 e. The Morgan fingerprint density at radius 2 is 2.50 bits per heavy atom. The van der Waals surface area contributed by atoms with E-state index in [0.29, 0.717) is 6.04 Å². The Hall–Kier alpha value is -0.990. The molecule has 0 aliphatic carbocycles. The first-order chi connectivity index (χ1) is 4.88. The second kappa shape index (κ2) is 2.01. The molecular formula is C7H10N2O. The van der Waals surface area contributed by atoms with Gasteiger partial charge in [-0.15, -0.1) is 0 Å². The fourth-order valence-corrected chi connectivity index (χ4v) is 1.47. The van der Waals surface area contributed by atoms with Crippen LogP contribution in [-0.4, -0.2) is 30.1 Å². The number of nitrogens with one attached hydrogen (secondary N) is 1. The molecule has 1 unspecified atom stereocenters. The van der Waals surface area contributed by atoms with Crippen molar-refractivity contribution < 1.29 is 4.79 Å². The number of carbonyl (C=O) groups is 1. The first kappa shape index (κ1) is 5.77. The third kappa shape index (κ3) is 0.701. The van der Waals surface area contributed by atoms with Crippen LogP contribution in [0.2, 0.25) is 0 Å². The summed E-state index contributed by atoms with van der Waals surface area (Å²) in [7, 11) is 0. The first-order valence-corrected chi connectivity index (χ1v) is 3.57. The van der Waals surface area contributed by atoms with Crippen molar-refractivity contribution in [3.63, 3.8) is 0 Å². The maximum atomic E-state index is 11.0. The highest BCUT2D eigenvalue weighted by Gasteiger charge is 2.29. The third-order valence-electron chi connectivity index (χ3n) is 2.07. The Morgan fingerprint density at radius 1 is 1.60 bits per heavy atom. The summed E-state index contributed by atoms with van der Waals surface area (Å²) >= 11 is 0. The fourth-order valence-electron chi connectivity index (χ4n) is 1.47. The van der Waals surface area contributed by atoms with Crippen molar-refractivity contribution in [1.29, 1.82) is 0 Å². The molecular weight excluding hydrogens is 128 g/mol. The van der Waals surface area contributed by atoms with Gasteiger partial charge >= 0.3 is 6.03 Å². The molecule has 2 heterocycles. The average Bonchev–Trinajstić information content (AvgIpc) is 2.34. The van der Waals surface area contributed by atoms with Crippen LogP contribution in [0, 0.1) is 0 Å². The van der Waals surface area contributed by atoms with Crippen molar-refractivity contribution >= 4 is 6.03 Å². The number of carbonyl (C=O) groups excluding carboxylic acids is 1. The molecule has 0 bridgehead atoms. The Bertz CT molecular complexity index is 188. The Labute approximate surface area is 59.7 Å². The molecule has 0 aromatic rings. The summed E-state index contributed by atoms with van der Waals surface area (Å²) in [5.41, 5.74) is 0. The van der Waals surface area contributed by atoms with Gasteiger partial charge in [0.15, 0.2) is 0 Å². The molecule has 0 radical (unpaired) electrons. The summed E-state index contributed by atoms with van der Waals surface area (Å²) in [5.74, 6) is 0. The van der Waals surface area contributed by atoms with E-state index in [1.165, 1.54) is 0 Å². The molecule has 2 amide bonds. The molecule has 10 heavy (non-hydrogen) atoms. The van der Waals surface area contributed by atoms with E-state index in [1.807, 2.05) is 11.0 Å². The lowest BCUT2D eigenvalue weighted by Crippen LogP contribution is -2.35. The minimum atomic E-state index is 0.0920. The molecule has 2 aliphatic heterocycles. The van der Waals surface area contributed by atoms with E-state index in [2.05, 4.69) is 11.4 Å². The summed E-state index contributed by atoms with van der Waals surface area (Å²) in [6, 6.07) is 0.520. The van der Waals surface area contributed by atoms with Crippen LogP contribution in [0.3, 0.4) is 0 Å². The molecule has 0 saturated carbocycles. The van der Waals surface area contributed by atoms with Crippen LogP contribution >= 0.6 is 0 Å². The van der Waals surface area contributed by atoms with E-state index < -0.39 is 0 Å². The molecule has 2 aliphatic rings. The number of nitrogens with zero attached hydrogens (tertiary/aromatic N) is 1. The van der Waals surface area contributed by atoms with Gasteiger partial charge in [0.2, 0.25) is 0 Å². The molecule has 3 heteroatoms. The van der Waals surface area contributed by atoms with Gasteiger partial charge in [-0.3, -0.25) is 0 Å². The van der Waals surface area contributed by atoms with Crippen molar-refractivity contribution in [3.05, 3.63) is 12.2 Å². The van der Waals surface area contributed by atoms with Crippen molar-refractivity contribution in [1.82, 2.24) is 10.2 Å². The van der Waals surface area contributed by atoms with Crippen molar-refractivity contribution in [2.75, 3.05) is 13.1 Å². The van der Waals surface area contributed by atoms with Gasteiger partial charge in [0, 0.05) is 13.1 Å². The number of rotatable bonds is 0. The summed E-state index contributed by atoms with van der Waals surface area (Å²) in [6.07, 6.45) is 5.20. The maximum absolute atomic E-state index is 11.0. The zero-order valence-corrected chi connectivity index (χ0v) is 5.71. The zero-order chi connectivity index (χ0) is 6.97. The van der Waals surface area contributed by atoms with Gasteiger partial charge in [-0.1, -0.05) is 12.2 Å². The number of hydrogen-bond donors (Lipinski definition) is 1. The van der Waals surface area contributed by atoms with Gasteiger partial charge in [-0.25, -0.2) is 4.79 Å². The second-order valence-corrected chi connectivity index (χ2v) is 2.70. The molecule has 1 N–H and O–H groups in total. The SMILES string of the molecule is O=C1NCC2CC=CCN12. The highest BCUT2D eigenvalue weighted by molar-refractivity contribution is 5.77. The number of amides is 2. The number of fused-ring (bicyclic) bond motifs is 1. The van der Waals surface area contributed by atoms with Crippen LogP contribution in [-0.2, 0) is 0 Å². The molecule has 0 aromatic carbocycles. The zero-order valence-electron chi connectivity index (χ0n) is 5.71. The van der Waals surface area contributed by atoms with Crippen LogP contribution in [0.5, 0.6) is 0 Å². The molecule has 2 rings (SSSR count). The largest absolute Gasteiger partial charge is 0.336 e. The molecule has 54 valence electrons. The topological polar surface area (TPSA) is 32.3 Å². The minimum absolute atomic E-state index is 0.0920. The molecule has 1 atom stereocenters. The quantitative estimate of drug-likeness (QED) is 0.481. The van der Waals surface area contributed by atoms with E-state index in [-0.39, 0.29) is 6.03 Å². The molecule has 0 spiro atoms. The number of urea groups is 1. The van der Waals surface area contributed by atoms with Crippen LogP contribution < -0.4 is 5.32 Å². The highest BCUT2D eigenvalue weighted by Crippen LogP contribution is 2.14.